The van der Waals surface area contributed by atoms with E-state index in [2.05, 4.69) is 32.1 Å². The van der Waals surface area contributed by atoms with Crippen LogP contribution in [0.2, 0.25) is 0 Å². The first-order valence-electron chi connectivity index (χ1n) is 4.38. The predicted octanol–water partition coefficient (Wildman–Crippen LogP) is 3.06. The van der Waals surface area contributed by atoms with Crippen molar-refractivity contribution in [2.24, 2.45) is 11.3 Å². The van der Waals surface area contributed by atoms with Crippen molar-refractivity contribution in [3.05, 3.63) is 23.8 Å². The second kappa shape index (κ2) is 3.15. The lowest BCUT2D eigenvalue weighted by Crippen LogP contribution is -2.12. The molecule has 1 nitrogen and oxygen atoms in total. The summed E-state index contributed by atoms with van der Waals surface area (Å²) in [5.41, 5.74) is 1.08. The summed E-state index contributed by atoms with van der Waals surface area (Å²) >= 11 is 0. The third kappa shape index (κ3) is 1.76. The molecule has 1 rings (SSSR count). The molecule has 0 unspecified atom stereocenters. The monoisotopic (exact) mass is 161 g/mol. The number of nitrogens with zero attached hydrogens (tertiary/aromatic N) is 1. The van der Waals surface area contributed by atoms with Crippen LogP contribution in [0.15, 0.2) is 23.8 Å². The van der Waals surface area contributed by atoms with Crippen molar-refractivity contribution in [1.29, 1.82) is 5.26 Å². The van der Waals surface area contributed by atoms with E-state index in [1.165, 1.54) is 5.57 Å². The van der Waals surface area contributed by atoms with Gasteiger partial charge >= 0.3 is 0 Å². The first kappa shape index (κ1) is 9.06. The second-order valence-electron chi connectivity index (χ2n) is 3.93. The minimum atomic E-state index is -0.265. The van der Waals surface area contributed by atoms with E-state index >= 15 is 0 Å². The fourth-order valence-electron chi connectivity index (χ4n) is 1.26. The molecule has 0 aliphatic heterocycles. The number of hydrogen-bond acceptors (Lipinski definition) is 1. The normalized spacial score (nSPS) is 28.4. The number of nitriles is 1. The summed E-state index contributed by atoms with van der Waals surface area (Å²) in [5, 5.41) is 8.84. The van der Waals surface area contributed by atoms with E-state index in [0.29, 0.717) is 5.92 Å². The van der Waals surface area contributed by atoms with Gasteiger partial charge in [-0.05, 0) is 24.8 Å². The molecule has 0 aromatic carbocycles. The molecule has 1 aliphatic carbocycles. The van der Waals surface area contributed by atoms with Gasteiger partial charge in [0.05, 0.1) is 11.5 Å². The summed E-state index contributed by atoms with van der Waals surface area (Å²) in [6.07, 6.45) is 7.13. The van der Waals surface area contributed by atoms with Crippen LogP contribution in [-0.2, 0) is 0 Å². The standard InChI is InChI=1S/C11H15N/c1-9(2)10-4-6-11(3,8-12)7-5-10/h4-6,9H,7H2,1-3H3/t11-/m1/s1. The van der Waals surface area contributed by atoms with Crippen LogP contribution in [0.1, 0.15) is 27.2 Å². The molecule has 1 heteroatoms. The lowest BCUT2D eigenvalue weighted by atomic mass is 9.81. The highest BCUT2D eigenvalue weighted by Gasteiger charge is 2.21. The van der Waals surface area contributed by atoms with Gasteiger partial charge in [0.2, 0.25) is 0 Å². The average Bonchev–Trinajstić information content (AvgIpc) is 2.05. The van der Waals surface area contributed by atoms with E-state index in [0.717, 1.165) is 6.42 Å². The minimum absolute atomic E-state index is 0.265. The minimum Gasteiger partial charge on any atom is -0.197 e. The Hall–Kier alpha value is -1.03. The Morgan fingerprint density at radius 2 is 2.25 bits per heavy atom. The van der Waals surface area contributed by atoms with Gasteiger partial charge in [0, 0.05) is 0 Å². The van der Waals surface area contributed by atoms with Crippen LogP contribution < -0.4 is 0 Å². The Morgan fingerprint density at radius 3 is 2.58 bits per heavy atom. The van der Waals surface area contributed by atoms with Gasteiger partial charge in [-0.3, -0.25) is 0 Å². The second-order valence-corrected chi connectivity index (χ2v) is 3.93. The Balaban J connectivity index is 2.76. The highest BCUT2D eigenvalue weighted by molar-refractivity contribution is 5.30. The maximum absolute atomic E-state index is 8.84. The number of allylic oxidation sites excluding steroid dienone is 4. The molecule has 0 aromatic heterocycles. The molecule has 0 spiro atoms. The molecule has 12 heavy (non-hydrogen) atoms. The van der Waals surface area contributed by atoms with Gasteiger partial charge < -0.3 is 0 Å². The smallest absolute Gasteiger partial charge is 0.0763 e. The molecule has 0 heterocycles. The molecule has 0 fully saturated rings. The third-order valence-electron chi connectivity index (χ3n) is 2.33. The highest BCUT2D eigenvalue weighted by Crippen LogP contribution is 2.30. The summed E-state index contributed by atoms with van der Waals surface area (Å²) in [7, 11) is 0. The SMILES string of the molecule is CC(C)C1=CC[C@](C)(C#N)C=C1. The van der Waals surface area contributed by atoms with Crippen molar-refractivity contribution in [1.82, 2.24) is 0 Å². The highest BCUT2D eigenvalue weighted by atomic mass is 14.3. The van der Waals surface area contributed by atoms with Crippen molar-refractivity contribution >= 4 is 0 Å². The molecule has 64 valence electrons. The van der Waals surface area contributed by atoms with Crippen molar-refractivity contribution in [2.45, 2.75) is 27.2 Å². The summed E-state index contributed by atoms with van der Waals surface area (Å²) in [5.74, 6) is 0.574. The maximum atomic E-state index is 8.84. The lowest BCUT2D eigenvalue weighted by molar-refractivity contribution is 0.562. The van der Waals surface area contributed by atoms with E-state index in [1.807, 2.05) is 13.0 Å². The molecule has 0 N–H and O–H groups in total. The first-order chi connectivity index (χ1) is 5.57. The van der Waals surface area contributed by atoms with Crippen molar-refractivity contribution in [2.75, 3.05) is 0 Å². The summed E-state index contributed by atoms with van der Waals surface area (Å²) in [4.78, 5) is 0. The molecular weight excluding hydrogens is 146 g/mol. The molecule has 0 aromatic rings. The van der Waals surface area contributed by atoms with E-state index in [9.17, 15) is 0 Å². The predicted molar refractivity (Wildman–Crippen MR) is 50.4 cm³/mol. The van der Waals surface area contributed by atoms with Crippen LogP contribution in [0.5, 0.6) is 0 Å². The van der Waals surface area contributed by atoms with Gasteiger partial charge in [0.1, 0.15) is 0 Å². The zero-order chi connectivity index (χ0) is 9.19. The molecule has 0 radical (unpaired) electrons. The fourth-order valence-corrected chi connectivity index (χ4v) is 1.26. The molecule has 0 bridgehead atoms. The van der Waals surface area contributed by atoms with Gasteiger partial charge in [0.25, 0.3) is 0 Å². The van der Waals surface area contributed by atoms with E-state index in [-0.39, 0.29) is 5.41 Å². The molecule has 1 aliphatic rings. The zero-order valence-corrected chi connectivity index (χ0v) is 7.96. The topological polar surface area (TPSA) is 23.8 Å². The molecule has 1 atom stereocenters. The van der Waals surface area contributed by atoms with Gasteiger partial charge in [-0.2, -0.15) is 5.26 Å². The largest absolute Gasteiger partial charge is 0.197 e. The third-order valence-corrected chi connectivity index (χ3v) is 2.33. The van der Waals surface area contributed by atoms with Crippen molar-refractivity contribution in [3.8, 4) is 6.07 Å². The zero-order valence-electron chi connectivity index (χ0n) is 7.96. The summed E-state index contributed by atoms with van der Waals surface area (Å²) < 4.78 is 0. The van der Waals surface area contributed by atoms with Gasteiger partial charge in [-0.15, -0.1) is 0 Å². The first-order valence-corrected chi connectivity index (χ1v) is 4.38. The quantitative estimate of drug-likeness (QED) is 0.579. The molecule has 0 saturated carbocycles. The van der Waals surface area contributed by atoms with Crippen molar-refractivity contribution < 1.29 is 0 Å². The van der Waals surface area contributed by atoms with E-state index in [4.69, 9.17) is 5.26 Å². The number of hydrogen-bond donors (Lipinski definition) is 0. The van der Waals surface area contributed by atoms with Gasteiger partial charge in [-0.25, -0.2) is 0 Å². The molecule has 0 saturated heterocycles. The fraction of sp³-hybridized carbons (Fsp3) is 0.545. The van der Waals surface area contributed by atoms with Gasteiger partial charge in [-0.1, -0.05) is 32.1 Å². The van der Waals surface area contributed by atoms with E-state index < -0.39 is 0 Å². The van der Waals surface area contributed by atoms with Crippen LogP contribution in [0.4, 0.5) is 0 Å². The average molecular weight is 161 g/mol. The van der Waals surface area contributed by atoms with Gasteiger partial charge in [0.15, 0.2) is 0 Å². The Labute approximate surface area is 74.4 Å². The van der Waals surface area contributed by atoms with Crippen LogP contribution >= 0.6 is 0 Å². The van der Waals surface area contributed by atoms with Crippen LogP contribution in [-0.4, -0.2) is 0 Å². The van der Waals surface area contributed by atoms with Crippen LogP contribution in [0.25, 0.3) is 0 Å². The molecule has 0 amide bonds. The summed E-state index contributed by atoms with van der Waals surface area (Å²) in [6.45, 7) is 6.31. The van der Waals surface area contributed by atoms with Crippen LogP contribution in [0, 0.1) is 22.7 Å². The van der Waals surface area contributed by atoms with Crippen molar-refractivity contribution in [3.63, 3.8) is 0 Å². The Bertz CT molecular complexity index is 265. The number of rotatable bonds is 1. The summed E-state index contributed by atoms with van der Waals surface area (Å²) in [6, 6.07) is 2.31. The Kier molecular flexibility index (Phi) is 2.38. The Morgan fingerprint density at radius 1 is 1.58 bits per heavy atom. The maximum Gasteiger partial charge on any atom is 0.0763 e. The van der Waals surface area contributed by atoms with E-state index in [1.54, 1.807) is 0 Å². The molecular formula is C11H15N. The lowest BCUT2D eigenvalue weighted by Gasteiger charge is -2.21. The van der Waals surface area contributed by atoms with Crippen LogP contribution in [0.3, 0.4) is 0 Å².